The molecule has 202 valence electrons. The molecule has 0 unspecified atom stereocenters. The molecule has 6 rings (SSSR count). The number of halogens is 1. The zero-order valence-electron chi connectivity index (χ0n) is 21.6. The molecule has 1 spiro atoms. The first-order valence-corrected chi connectivity index (χ1v) is 15.9. The number of fused-ring (bicyclic) bond motifs is 4. The summed E-state index contributed by atoms with van der Waals surface area (Å²) >= 11 is 6.37. The van der Waals surface area contributed by atoms with Crippen molar-refractivity contribution < 1.29 is 17.9 Å². The van der Waals surface area contributed by atoms with E-state index < -0.39 is 15.9 Å². The minimum atomic E-state index is -3.72. The van der Waals surface area contributed by atoms with E-state index >= 15 is 0 Å². The average molecular weight is 555 g/mol. The Kier molecular flexibility index (Phi) is 6.93. The van der Waals surface area contributed by atoms with Gasteiger partial charge in [0.15, 0.2) is 0 Å². The van der Waals surface area contributed by atoms with Crippen LogP contribution in [0.3, 0.4) is 0 Å². The summed E-state index contributed by atoms with van der Waals surface area (Å²) in [6, 6.07) is 11.6. The van der Waals surface area contributed by atoms with E-state index in [4.69, 9.17) is 16.3 Å². The van der Waals surface area contributed by atoms with E-state index in [0.29, 0.717) is 30.4 Å². The summed E-state index contributed by atoms with van der Waals surface area (Å²) in [5.74, 6) is 1.30. The third-order valence-electron chi connectivity index (χ3n) is 9.00. The SMILES string of the molecule is O=C1NS(=O)(=O)CC/C=C/CC[C@@H]2CC[C@H]2CN2C[C@@]3(CCCc4cc(Cl)ccc43)COc3ccc1cc32. The smallest absolute Gasteiger partial charge is 0.264 e. The van der Waals surface area contributed by atoms with Crippen LogP contribution >= 0.6 is 11.6 Å². The van der Waals surface area contributed by atoms with Crippen molar-refractivity contribution >= 4 is 33.2 Å². The van der Waals surface area contributed by atoms with E-state index in [-0.39, 0.29) is 11.2 Å². The van der Waals surface area contributed by atoms with Crippen LogP contribution in [-0.2, 0) is 21.9 Å². The number of anilines is 1. The zero-order valence-corrected chi connectivity index (χ0v) is 23.2. The molecule has 3 atom stereocenters. The maximum Gasteiger partial charge on any atom is 0.264 e. The molecule has 6 nitrogen and oxygen atoms in total. The molecular formula is C30H35ClN2O4S. The number of aryl methyl sites for hydroxylation is 1. The number of carbonyl (C=O) groups excluding carboxylic acids is 1. The fourth-order valence-corrected chi connectivity index (χ4v) is 7.96. The van der Waals surface area contributed by atoms with E-state index in [1.54, 1.807) is 6.07 Å². The highest BCUT2D eigenvalue weighted by molar-refractivity contribution is 7.90. The standard InChI is InChI=1S/C30H35ClN2O4S/c31-25-11-12-26-22(16-25)7-5-14-30(26)19-33-18-24-9-8-21(24)6-3-1-2-4-15-38(35,36)32-29(34)23-10-13-28(37-20-30)27(33)17-23/h1-2,10-13,16-17,21,24H,3-9,14-15,18-20H2,(H,32,34)/b2-1+/t21-,24+,30+/m1/s1. The summed E-state index contributed by atoms with van der Waals surface area (Å²) in [6.45, 7) is 2.25. The second kappa shape index (κ2) is 10.2. The molecule has 1 amide bonds. The molecule has 2 aromatic carbocycles. The average Bonchev–Trinajstić information content (AvgIpc) is 3.02. The van der Waals surface area contributed by atoms with E-state index in [9.17, 15) is 13.2 Å². The fraction of sp³-hybridized carbons (Fsp3) is 0.500. The monoisotopic (exact) mass is 554 g/mol. The predicted molar refractivity (Wildman–Crippen MR) is 151 cm³/mol. The molecule has 1 fully saturated rings. The van der Waals surface area contributed by atoms with E-state index in [2.05, 4.69) is 27.8 Å². The number of hydrogen-bond donors (Lipinski definition) is 1. The van der Waals surface area contributed by atoms with Crippen LogP contribution in [0.25, 0.3) is 0 Å². The van der Waals surface area contributed by atoms with Crippen molar-refractivity contribution in [1.82, 2.24) is 4.72 Å². The van der Waals surface area contributed by atoms with Gasteiger partial charge in [0.05, 0.1) is 18.0 Å². The number of nitrogens with zero attached hydrogens (tertiary/aromatic N) is 1. The Morgan fingerprint density at radius 1 is 1.03 bits per heavy atom. The lowest BCUT2D eigenvalue weighted by atomic mass is 9.69. The van der Waals surface area contributed by atoms with Crippen LogP contribution in [0.2, 0.25) is 5.02 Å². The molecule has 0 radical (unpaired) electrons. The summed E-state index contributed by atoms with van der Waals surface area (Å²) in [5.41, 5.74) is 3.65. The largest absolute Gasteiger partial charge is 0.490 e. The lowest BCUT2D eigenvalue weighted by molar-refractivity contribution is 0.0981. The van der Waals surface area contributed by atoms with Gasteiger partial charge < -0.3 is 9.64 Å². The highest BCUT2D eigenvalue weighted by atomic mass is 35.5. The molecule has 4 aliphatic rings. The number of benzene rings is 2. The molecule has 2 aliphatic heterocycles. The van der Waals surface area contributed by atoms with Crippen LogP contribution < -0.4 is 14.4 Å². The van der Waals surface area contributed by atoms with Gasteiger partial charge in [-0.05, 0) is 105 Å². The maximum atomic E-state index is 13.0. The molecular weight excluding hydrogens is 520 g/mol. The fourth-order valence-electron chi connectivity index (χ4n) is 6.82. The minimum absolute atomic E-state index is 0.104. The van der Waals surface area contributed by atoms with Crippen molar-refractivity contribution in [3.8, 4) is 5.75 Å². The molecule has 1 N–H and O–H groups in total. The second-order valence-corrected chi connectivity index (χ2v) is 13.8. The molecule has 2 bridgehead atoms. The third-order valence-corrected chi connectivity index (χ3v) is 10.5. The van der Waals surface area contributed by atoms with E-state index in [1.165, 1.54) is 24.0 Å². The number of sulfonamides is 1. The highest BCUT2D eigenvalue weighted by Gasteiger charge is 2.43. The number of allylic oxidation sites excluding steroid dienone is 2. The first kappa shape index (κ1) is 25.8. The summed E-state index contributed by atoms with van der Waals surface area (Å²) < 4.78 is 33.9. The summed E-state index contributed by atoms with van der Waals surface area (Å²) in [6.07, 6.45) is 12.1. The molecule has 0 aromatic heterocycles. The van der Waals surface area contributed by atoms with Crippen LogP contribution in [0.5, 0.6) is 5.75 Å². The highest BCUT2D eigenvalue weighted by Crippen LogP contribution is 2.46. The normalized spacial score (nSPS) is 29.6. The van der Waals surface area contributed by atoms with Crippen molar-refractivity contribution in [3.05, 3.63) is 70.3 Å². The number of nitrogens with one attached hydrogen (secondary N) is 1. The Morgan fingerprint density at radius 3 is 2.71 bits per heavy atom. The van der Waals surface area contributed by atoms with Crippen LogP contribution in [0.4, 0.5) is 5.69 Å². The van der Waals surface area contributed by atoms with Crippen molar-refractivity contribution in [1.29, 1.82) is 0 Å². The molecule has 2 heterocycles. The van der Waals surface area contributed by atoms with Gasteiger partial charge in [0.1, 0.15) is 5.75 Å². The van der Waals surface area contributed by atoms with Crippen molar-refractivity contribution in [3.63, 3.8) is 0 Å². The molecule has 2 aliphatic carbocycles. The number of rotatable bonds is 0. The number of hydrogen-bond acceptors (Lipinski definition) is 5. The Labute approximate surface area is 230 Å². The quantitative estimate of drug-likeness (QED) is 0.427. The summed E-state index contributed by atoms with van der Waals surface area (Å²) in [5, 5.41) is 0.764. The first-order valence-electron chi connectivity index (χ1n) is 13.8. The van der Waals surface area contributed by atoms with Crippen LogP contribution in [0, 0.1) is 11.8 Å². The topological polar surface area (TPSA) is 75.7 Å². The van der Waals surface area contributed by atoms with Gasteiger partial charge in [-0.25, -0.2) is 13.1 Å². The van der Waals surface area contributed by atoms with Crippen molar-refractivity contribution in [2.75, 3.05) is 30.3 Å². The van der Waals surface area contributed by atoms with Gasteiger partial charge in [-0.1, -0.05) is 29.8 Å². The lowest BCUT2D eigenvalue weighted by Gasteiger charge is -2.44. The zero-order chi connectivity index (χ0) is 26.3. The number of amides is 1. The van der Waals surface area contributed by atoms with Gasteiger partial charge in [-0.2, -0.15) is 0 Å². The van der Waals surface area contributed by atoms with Crippen molar-refractivity contribution in [2.45, 2.75) is 56.8 Å². The Hall–Kier alpha value is -2.51. The van der Waals surface area contributed by atoms with Gasteiger partial charge in [-0.3, -0.25) is 4.79 Å². The third kappa shape index (κ3) is 5.07. The van der Waals surface area contributed by atoms with Crippen molar-refractivity contribution in [2.24, 2.45) is 11.8 Å². The molecule has 8 heteroatoms. The molecule has 2 aromatic rings. The van der Waals surface area contributed by atoms with E-state index in [1.807, 2.05) is 24.3 Å². The summed E-state index contributed by atoms with van der Waals surface area (Å²) in [4.78, 5) is 15.5. The van der Waals surface area contributed by atoms with Gasteiger partial charge >= 0.3 is 0 Å². The number of ether oxygens (including phenoxy) is 1. The second-order valence-electron chi connectivity index (χ2n) is 11.5. The predicted octanol–water partition coefficient (Wildman–Crippen LogP) is 5.64. The molecule has 0 saturated heterocycles. The molecule has 1 saturated carbocycles. The van der Waals surface area contributed by atoms with E-state index in [0.717, 1.165) is 61.7 Å². The Bertz CT molecular complexity index is 1370. The molecule has 38 heavy (non-hydrogen) atoms. The Balaban J connectivity index is 1.40. The first-order chi connectivity index (χ1) is 18.3. The van der Waals surface area contributed by atoms with Crippen LogP contribution in [-0.4, -0.2) is 39.8 Å². The van der Waals surface area contributed by atoms with Gasteiger partial charge in [0.25, 0.3) is 5.91 Å². The lowest BCUT2D eigenvalue weighted by Crippen LogP contribution is -2.48. The van der Waals surface area contributed by atoms with Crippen LogP contribution in [0.15, 0.2) is 48.6 Å². The minimum Gasteiger partial charge on any atom is -0.490 e. The van der Waals surface area contributed by atoms with Gasteiger partial charge in [-0.15, -0.1) is 0 Å². The van der Waals surface area contributed by atoms with Gasteiger partial charge in [0, 0.05) is 29.1 Å². The summed E-state index contributed by atoms with van der Waals surface area (Å²) in [7, 11) is -3.72. The van der Waals surface area contributed by atoms with Crippen LogP contribution in [0.1, 0.15) is 66.4 Å². The van der Waals surface area contributed by atoms with Gasteiger partial charge in [0.2, 0.25) is 10.0 Å². The maximum absolute atomic E-state index is 13.0. The Morgan fingerprint density at radius 2 is 1.87 bits per heavy atom. The number of carbonyl (C=O) groups is 1.